The fourth-order valence-electron chi connectivity index (χ4n) is 2.66. The van der Waals surface area contributed by atoms with Crippen LogP contribution in [-0.4, -0.2) is 19.7 Å². The van der Waals surface area contributed by atoms with Gasteiger partial charge in [0.2, 0.25) is 0 Å². The summed E-state index contributed by atoms with van der Waals surface area (Å²) in [4.78, 5) is 3.96. The van der Waals surface area contributed by atoms with E-state index >= 15 is 0 Å². The van der Waals surface area contributed by atoms with Gasteiger partial charge in [0.15, 0.2) is 14.9 Å². The van der Waals surface area contributed by atoms with Crippen LogP contribution in [0.1, 0.15) is 23.1 Å². The molecule has 130 valence electrons. The topological polar surface area (TPSA) is 47.0 Å². The molecule has 1 aromatic carbocycles. The van der Waals surface area contributed by atoms with Gasteiger partial charge in [0.1, 0.15) is 0 Å². The van der Waals surface area contributed by atoms with Gasteiger partial charge in [-0.1, -0.05) is 24.3 Å². The Morgan fingerprint density at radius 3 is 1.96 bits per heavy atom. The first-order valence-corrected chi connectivity index (χ1v) is 9.30. The van der Waals surface area contributed by atoms with E-state index in [-0.39, 0.29) is 5.03 Å². The maximum absolute atomic E-state index is 12.7. The van der Waals surface area contributed by atoms with Crippen LogP contribution in [0.5, 0.6) is 0 Å². The Bertz CT molecular complexity index is 955. The van der Waals surface area contributed by atoms with Crippen LogP contribution in [0, 0.1) is 0 Å². The van der Waals surface area contributed by atoms with Gasteiger partial charge in [0.25, 0.3) is 0 Å². The third kappa shape index (κ3) is 3.66. The molecular formula is C18H14F3NO2S. The lowest BCUT2D eigenvalue weighted by atomic mass is 9.95. The number of alkyl halides is 3. The van der Waals surface area contributed by atoms with Gasteiger partial charge in [-0.15, -0.1) is 0 Å². The lowest BCUT2D eigenvalue weighted by molar-refractivity contribution is -0.137. The van der Waals surface area contributed by atoms with Crippen LogP contribution in [0.4, 0.5) is 13.2 Å². The first-order chi connectivity index (χ1) is 11.7. The average Bonchev–Trinajstić information content (AvgIpc) is 3.03. The highest BCUT2D eigenvalue weighted by Crippen LogP contribution is 2.37. The summed E-state index contributed by atoms with van der Waals surface area (Å²) in [6.07, 6.45) is 2.68. The van der Waals surface area contributed by atoms with Crippen LogP contribution < -0.4 is 0 Å². The molecular weight excluding hydrogens is 351 g/mol. The third-order valence-corrected chi connectivity index (χ3v) is 4.89. The van der Waals surface area contributed by atoms with Gasteiger partial charge in [-0.05, 0) is 47.4 Å². The van der Waals surface area contributed by atoms with E-state index in [4.69, 9.17) is 0 Å². The highest BCUT2D eigenvalue weighted by Gasteiger charge is 2.30. The number of hydrogen-bond acceptors (Lipinski definition) is 3. The normalized spacial score (nSPS) is 15.0. The Labute approximate surface area is 143 Å². The van der Waals surface area contributed by atoms with Crippen molar-refractivity contribution < 1.29 is 21.6 Å². The van der Waals surface area contributed by atoms with E-state index in [0.717, 1.165) is 35.1 Å². The van der Waals surface area contributed by atoms with Gasteiger partial charge >= 0.3 is 6.18 Å². The summed E-state index contributed by atoms with van der Waals surface area (Å²) < 4.78 is 61.0. The summed E-state index contributed by atoms with van der Waals surface area (Å²) >= 11 is 0. The Balaban J connectivity index is 1.91. The molecule has 1 aliphatic carbocycles. The van der Waals surface area contributed by atoms with Crippen LogP contribution in [0.3, 0.4) is 0 Å². The van der Waals surface area contributed by atoms with Crippen LogP contribution in [0.15, 0.2) is 59.8 Å². The Hall–Kier alpha value is -2.41. The molecule has 0 N–H and O–H groups in total. The molecule has 3 nitrogen and oxygen atoms in total. The lowest BCUT2D eigenvalue weighted by Gasteiger charge is -2.12. The molecule has 0 atom stereocenters. The summed E-state index contributed by atoms with van der Waals surface area (Å²) in [5, 5.41) is -0.0186. The molecule has 0 saturated carbocycles. The smallest absolute Gasteiger partial charge is 0.244 e. The molecule has 7 heteroatoms. The lowest BCUT2D eigenvalue weighted by Crippen LogP contribution is -2.04. The number of benzene rings is 1. The summed E-state index contributed by atoms with van der Waals surface area (Å²) in [5.41, 5.74) is 2.33. The highest BCUT2D eigenvalue weighted by atomic mass is 32.2. The quantitative estimate of drug-likeness (QED) is 0.811. The SMILES string of the molecule is CS(=O)(=O)c1ccc(C2=CCC=C2c2ccc(C(F)(F)F)cc2)cn1. The van der Waals surface area contributed by atoms with Crippen LogP contribution in [0.2, 0.25) is 0 Å². The fraction of sp³-hybridized carbons (Fsp3) is 0.167. The van der Waals surface area contributed by atoms with Crippen molar-refractivity contribution in [3.05, 3.63) is 71.4 Å². The number of allylic oxidation sites excluding steroid dienone is 4. The Morgan fingerprint density at radius 2 is 1.48 bits per heavy atom. The van der Waals surface area contributed by atoms with E-state index in [2.05, 4.69) is 4.98 Å². The highest BCUT2D eigenvalue weighted by molar-refractivity contribution is 7.90. The molecule has 0 fully saturated rings. The van der Waals surface area contributed by atoms with Crippen LogP contribution in [0.25, 0.3) is 11.1 Å². The zero-order valence-corrected chi connectivity index (χ0v) is 14.0. The minimum Gasteiger partial charge on any atom is -0.244 e. The molecule has 0 bridgehead atoms. The molecule has 0 aliphatic heterocycles. The van der Waals surface area contributed by atoms with E-state index in [9.17, 15) is 21.6 Å². The molecule has 1 aromatic heterocycles. The average molecular weight is 365 g/mol. The molecule has 0 amide bonds. The predicted octanol–water partition coefficient (Wildman–Crippen LogP) is 4.37. The monoisotopic (exact) mass is 365 g/mol. The minimum absolute atomic E-state index is 0.0186. The first-order valence-electron chi connectivity index (χ1n) is 7.41. The molecule has 0 spiro atoms. The van der Waals surface area contributed by atoms with Crippen molar-refractivity contribution in [1.82, 2.24) is 4.98 Å². The third-order valence-electron chi connectivity index (χ3n) is 3.88. The number of nitrogens with zero attached hydrogens (tertiary/aromatic N) is 1. The van der Waals surface area contributed by atoms with Gasteiger partial charge in [-0.25, -0.2) is 13.4 Å². The number of pyridine rings is 1. The second-order valence-corrected chi connectivity index (χ2v) is 7.67. The standard InChI is InChI=1S/C18H14F3NO2S/c1-25(23,24)17-10-7-13(11-22-17)16-4-2-3-15(16)12-5-8-14(9-6-12)18(19,20)21/h3-11H,2H2,1H3. The molecule has 0 unspecified atom stereocenters. The summed E-state index contributed by atoms with van der Waals surface area (Å²) in [7, 11) is -3.38. The Morgan fingerprint density at radius 1 is 0.920 bits per heavy atom. The summed E-state index contributed by atoms with van der Waals surface area (Å²) in [6, 6.07) is 8.05. The van der Waals surface area contributed by atoms with Crippen molar-refractivity contribution in [2.24, 2.45) is 0 Å². The zero-order valence-electron chi connectivity index (χ0n) is 13.2. The first kappa shape index (κ1) is 17.4. The van der Waals surface area contributed by atoms with Gasteiger partial charge in [0, 0.05) is 18.0 Å². The van der Waals surface area contributed by atoms with Crippen molar-refractivity contribution in [3.63, 3.8) is 0 Å². The van der Waals surface area contributed by atoms with Crippen molar-refractivity contribution in [2.75, 3.05) is 6.26 Å². The zero-order chi connectivity index (χ0) is 18.2. The van der Waals surface area contributed by atoms with E-state index in [1.807, 2.05) is 12.2 Å². The van der Waals surface area contributed by atoms with E-state index in [1.165, 1.54) is 24.4 Å². The predicted molar refractivity (Wildman–Crippen MR) is 89.4 cm³/mol. The number of sulfone groups is 1. The molecule has 3 rings (SSSR count). The molecule has 1 heterocycles. The van der Waals surface area contributed by atoms with E-state index in [0.29, 0.717) is 12.0 Å². The van der Waals surface area contributed by atoms with Crippen molar-refractivity contribution in [2.45, 2.75) is 17.6 Å². The molecule has 0 saturated heterocycles. The second kappa shape index (κ2) is 6.15. The van der Waals surface area contributed by atoms with Gasteiger partial charge < -0.3 is 0 Å². The van der Waals surface area contributed by atoms with Gasteiger partial charge in [0.05, 0.1) is 5.56 Å². The van der Waals surface area contributed by atoms with Crippen molar-refractivity contribution in [3.8, 4) is 0 Å². The molecule has 0 radical (unpaired) electrons. The van der Waals surface area contributed by atoms with Crippen LogP contribution >= 0.6 is 0 Å². The second-order valence-electron chi connectivity index (χ2n) is 5.70. The van der Waals surface area contributed by atoms with Gasteiger partial charge in [-0.3, -0.25) is 0 Å². The number of halogens is 3. The van der Waals surface area contributed by atoms with Crippen molar-refractivity contribution >= 4 is 21.0 Å². The van der Waals surface area contributed by atoms with E-state index < -0.39 is 21.6 Å². The Kier molecular flexibility index (Phi) is 4.28. The minimum atomic E-state index is -4.37. The maximum atomic E-state index is 12.7. The molecule has 25 heavy (non-hydrogen) atoms. The molecule has 1 aliphatic rings. The summed E-state index contributed by atoms with van der Waals surface area (Å²) in [6.45, 7) is 0. The maximum Gasteiger partial charge on any atom is 0.416 e. The fourth-order valence-corrected chi connectivity index (χ4v) is 3.22. The summed E-state index contributed by atoms with van der Waals surface area (Å²) in [5.74, 6) is 0. The van der Waals surface area contributed by atoms with Crippen LogP contribution in [-0.2, 0) is 16.0 Å². The van der Waals surface area contributed by atoms with Crippen molar-refractivity contribution in [1.29, 1.82) is 0 Å². The van der Waals surface area contributed by atoms with E-state index in [1.54, 1.807) is 6.07 Å². The number of aromatic nitrogens is 1. The number of rotatable bonds is 3. The largest absolute Gasteiger partial charge is 0.416 e. The molecule has 2 aromatic rings. The number of hydrogen-bond donors (Lipinski definition) is 0. The van der Waals surface area contributed by atoms with Gasteiger partial charge in [-0.2, -0.15) is 13.2 Å².